The van der Waals surface area contributed by atoms with Crippen molar-refractivity contribution in [2.24, 2.45) is 5.92 Å². The molecule has 1 atom stereocenters. The summed E-state index contributed by atoms with van der Waals surface area (Å²) in [5, 5.41) is 6.24. The Morgan fingerprint density at radius 2 is 2.40 bits per heavy atom. The molecule has 2 N–H and O–H groups in total. The zero-order valence-electron chi connectivity index (χ0n) is 12.0. The number of anilines is 1. The number of carbonyl (C=O) groups is 1. The summed E-state index contributed by atoms with van der Waals surface area (Å²) >= 11 is 0. The van der Waals surface area contributed by atoms with Crippen LogP contribution in [-0.4, -0.2) is 37.2 Å². The first kappa shape index (κ1) is 14.8. The number of amides is 1. The Morgan fingerprint density at radius 1 is 1.50 bits per heavy atom. The van der Waals surface area contributed by atoms with Crippen molar-refractivity contribution in [2.45, 2.75) is 26.2 Å². The van der Waals surface area contributed by atoms with Crippen LogP contribution in [0.15, 0.2) is 18.5 Å². The fourth-order valence-electron chi connectivity index (χ4n) is 2.37. The summed E-state index contributed by atoms with van der Waals surface area (Å²) in [4.78, 5) is 15.8. The molecule has 0 spiro atoms. The molecule has 1 saturated heterocycles. The lowest BCUT2D eigenvalue weighted by Crippen LogP contribution is -2.32. The second-order valence-corrected chi connectivity index (χ2v) is 5.25. The molecule has 0 bridgehead atoms. The SMILES string of the molecule is Cc1cnccc1NCCNC(=O)C[C@@H]1CCCOC1. The molecule has 1 aliphatic rings. The zero-order valence-corrected chi connectivity index (χ0v) is 12.0. The summed E-state index contributed by atoms with van der Waals surface area (Å²) < 4.78 is 5.38. The highest BCUT2D eigenvalue weighted by Gasteiger charge is 2.17. The smallest absolute Gasteiger partial charge is 0.220 e. The third kappa shape index (κ3) is 4.81. The topological polar surface area (TPSA) is 63.2 Å². The van der Waals surface area contributed by atoms with Crippen molar-refractivity contribution in [3.05, 3.63) is 24.0 Å². The van der Waals surface area contributed by atoms with Gasteiger partial charge in [-0.05, 0) is 37.3 Å². The molecule has 0 aliphatic carbocycles. The van der Waals surface area contributed by atoms with Crippen LogP contribution in [0.1, 0.15) is 24.8 Å². The van der Waals surface area contributed by atoms with E-state index in [0.717, 1.165) is 43.9 Å². The molecule has 110 valence electrons. The van der Waals surface area contributed by atoms with E-state index in [1.165, 1.54) is 0 Å². The van der Waals surface area contributed by atoms with Gasteiger partial charge in [-0.3, -0.25) is 9.78 Å². The standard InChI is InChI=1S/C15H23N3O2/c1-12-10-16-5-4-14(12)17-6-7-18-15(19)9-13-3-2-8-20-11-13/h4-5,10,13H,2-3,6-9,11H2,1H3,(H,16,17)(H,18,19)/t13-/m0/s1. The average molecular weight is 277 g/mol. The lowest BCUT2D eigenvalue weighted by atomic mass is 9.98. The third-order valence-corrected chi connectivity index (χ3v) is 3.51. The van der Waals surface area contributed by atoms with Crippen LogP contribution < -0.4 is 10.6 Å². The quantitative estimate of drug-likeness (QED) is 0.777. The summed E-state index contributed by atoms with van der Waals surface area (Å²) in [7, 11) is 0. The molecule has 5 nitrogen and oxygen atoms in total. The molecule has 0 saturated carbocycles. The monoisotopic (exact) mass is 277 g/mol. The molecule has 1 fully saturated rings. The molecule has 1 aliphatic heterocycles. The van der Waals surface area contributed by atoms with E-state index >= 15 is 0 Å². The second kappa shape index (κ2) is 7.85. The van der Waals surface area contributed by atoms with Gasteiger partial charge in [-0.15, -0.1) is 0 Å². The van der Waals surface area contributed by atoms with Crippen LogP contribution in [0.25, 0.3) is 0 Å². The predicted molar refractivity (Wildman–Crippen MR) is 78.6 cm³/mol. The fourth-order valence-corrected chi connectivity index (χ4v) is 2.37. The lowest BCUT2D eigenvalue weighted by molar-refractivity contribution is -0.123. The second-order valence-electron chi connectivity index (χ2n) is 5.25. The highest BCUT2D eigenvalue weighted by Crippen LogP contribution is 2.16. The number of aromatic nitrogens is 1. The number of hydrogen-bond donors (Lipinski definition) is 2. The van der Waals surface area contributed by atoms with E-state index in [1.807, 2.05) is 19.2 Å². The van der Waals surface area contributed by atoms with Gasteiger partial charge in [0.15, 0.2) is 0 Å². The Kier molecular flexibility index (Phi) is 5.80. The van der Waals surface area contributed by atoms with Crippen molar-refractivity contribution in [3.8, 4) is 0 Å². The Labute approximate surface area is 120 Å². The van der Waals surface area contributed by atoms with Crippen molar-refractivity contribution in [1.29, 1.82) is 0 Å². The van der Waals surface area contributed by atoms with Gasteiger partial charge < -0.3 is 15.4 Å². The molecule has 5 heteroatoms. The Hall–Kier alpha value is -1.62. The van der Waals surface area contributed by atoms with E-state index in [4.69, 9.17) is 4.74 Å². The van der Waals surface area contributed by atoms with Crippen LogP contribution in [0.4, 0.5) is 5.69 Å². The van der Waals surface area contributed by atoms with E-state index in [0.29, 0.717) is 18.9 Å². The minimum absolute atomic E-state index is 0.119. The summed E-state index contributed by atoms with van der Waals surface area (Å²) in [6.45, 7) is 4.93. The number of nitrogens with one attached hydrogen (secondary N) is 2. The maximum Gasteiger partial charge on any atom is 0.220 e. The number of carbonyl (C=O) groups excluding carboxylic acids is 1. The Balaban J connectivity index is 1.60. The van der Waals surface area contributed by atoms with Gasteiger partial charge in [0.05, 0.1) is 0 Å². The summed E-state index contributed by atoms with van der Waals surface area (Å²) in [6, 6.07) is 1.94. The molecule has 0 aromatic carbocycles. The molecular formula is C15H23N3O2. The molecule has 1 amide bonds. The lowest BCUT2D eigenvalue weighted by Gasteiger charge is -2.21. The van der Waals surface area contributed by atoms with Gasteiger partial charge in [0.25, 0.3) is 0 Å². The van der Waals surface area contributed by atoms with Crippen molar-refractivity contribution in [3.63, 3.8) is 0 Å². The Morgan fingerprint density at radius 3 is 3.15 bits per heavy atom. The van der Waals surface area contributed by atoms with Crippen molar-refractivity contribution in [1.82, 2.24) is 10.3 Å². The van der Waals surface area contributed by atoms with E-state index in [2.05, 4.69) is 15.6 Å². The maximum atomic E-state index is 11.8. The predicted octanol–water partition coefficient (Wildman–Crippen LogP) is 1.73. The van der Waals surface area contributed by atoms with E-state index in [9.17, 15) is 4.79 Å². The summed E-state index contributed by atoms with van der Waals surface area (Å²) in [5.74, 6) is 0.507. The van der Waals surface area contributed by atoms with Crippen LogP contribution in [0.3, 0.4) is 0 Å². The Bertz CT molecular complexity index is 431. The summed E-state index contributed by atoms with van der Waals surface area (Å²) in [6.07, 6.45) is 6.33. The minimum atomic E-state index is 0.119. The number of ether oxygens (including phenoxy) is 1. The number of rotatable bonds is 6. The zero-order chi connectivity index (χ0) is 14.2. The minimum Gasteiger partial charge on any atom is -0.383 e. The van der Waals surface area contributed by atoms with Crippen LogP contribution in [0, 0.1) is 12.8 Å². The van der Waals surface area contributed by atoms with Gasteiger partial charge in [0.1, 0.15) is 0 Å². The van der Waals surface area contributed by atoms with Gasteiger partial charge in [0.2, 0.25) is 5.91 Å². The van der Waals surface area contributed by atoms with E-state index in [-0.39, 0.29) is 5.91 Å². The molecule has 1 aromatic heterocycles. The molecule has 0 unspecified atom stereocenters. The van der Waals surface area contributed by atoms with Crippen LogP contribution in [0.2, 0.25) is 0 Å². The molecule has 0 radical (unpaired) electrons. The maximum absolute atomic E-state index is 11.8. The van der Waals surface area contributed by atoms with Crippen molar-refractivity contribution < 1.29 is 9.53 Å². The first-order valence-corrected chi connectivity index (χ1v) is 7.24. The number of nitrogens with zero attached hydrogens (tertiary/aromatic N) is 1. The van der Waals surface area contributed by atoms with Gasteiger partial charge in [-0.1, -0.05) is 0 Å². The third-order valence-electron chi connectivity index (χ3n) is 3.51. The van der Waals surface area contributed by atoms with Gasteiger partial charge in [0, 0.05) is 50.8 Å². The molecular weight excluding hydrogens is 254 g/mol. The van der Waals surface area contributed by atoms with Gasteiger partial charge in [-0.2, -0.15) is 0 Å². The fraction of sp³-hybridized carbons (Fsp3) is 0.600. The number of hydrogen-bond acceptors (Lipinski definition) is 4. The first-order chi connectivity index (χ1) is 9.75. The van der Waals surface area contributed by atoms with E-state index < -0.39 is 0 Å². The highest BCUT2D eigenvalue weighted by molar-refractivity contribution is 5.76. The largest absolute Gasteiger partial charge is 0.383 e. The van der Waals surface area contributed by atoms with Crippen LogP contribution in [0.5, 0.6) is 0 Å². The number of aryl methyl sites for hydroxylation is 1. The highest BCUT2D eigenvalue weighted by atomic mass is 16.5. The normalized spacial score (nSPS) is 18.6. The van der Waals surface area contributed by atoms with Crippen LogP contribution in [-0.2, 0) is 9.53 Å². The average Bonchev–Trinajstić information content (AvgIpc) is 2.46. The molecule has 2 heterocycles. The van der Waals surface area contributed by atoms with Crippen molar-refractivity contribution in [2.75, 3.05) is 31.6 Å². The summed E-state index contributed by atoms with van der Waals surface area (Å²) in [5.41, 5.74) is 2.17. The van der Waals surface area contributed by atoms with Gasteiger partial charge >= 0.3 is 0 Å². The van der Waals surface area contributed by atoms with Crippen molar-refractivity contribution >= 4 is 11.6 Å². The van der Waals surface area contributed by atoms with Crippen LogP contribution >= 0.6 is 0 Å². The van der Waals surface area contributed by atoms with Gasteiger partial charge in [-0.25, -0.2) is 0 Å². The molecule has 20 heavy (non-hydrogen) atoms. The number of pyridine rings is 1. The van der Waals surface area contributed by atoms with E-state index in [1.54, 1.807) is 6.20 Å². The molecule has 2 rings (SSSR count). The first-order valence-electron chi connectivity index (χ1n) is 7.24. The molecule has 1 aromatic rings.